The fourth-order valence-electron chi connectivity index (χ4n) is 2.32. The molecule has 4 heteroatoms. The van der Waals surface area contributed by atoms with Gasteiger partial charge in [0, 0.05) is 18.5 Å². The summed E-state index contributed by atoms with van der Waals surface area (Å²) < 4.78 is 2.89. The Morgan fingerprint density at radius 2 is 1.67 bits per heavy atom. The average Bonchev–Trinajstić information content (AvgIpc) is 2.72. The Morgan fingerprint density at radius 1 is 1.08 bits per heavy atom. The van der Waals surface area contributed by atoms with Gasteiger partial charge in [-0.3, -0.25) is 9.59 Å². The van der Waals surface area contributed by atoms with Gasteiger partial charge in [-0.15, -0.1) is 11.3 Å². The predicted octanol–water partition coefficient (Wildman–Crippen LogP) is 2.60. The maximum absolute atomic E-state index is 12.5. The largest absolute Gasteiger partial charge is 0.302 e. The third kappa shape index (κ3) is 3.75. The summed E-state index contributed by atoms with van der Waals surface area (Å²) in [4.78, 5) is 24.7. The van der Waals surface area contributed by atoms with Crippen molar-refractivity contribution >= 4 is 29.3 Å². The number of carbonyl (C=O) groups excluding carboxylic acids is 1. The van der Waals surface area contributed by atoms with E-state index in [2.05, 4.69) is 26.0 Å². The molecule has 0 aliphatic carbocycles. The number of aromatic nitrogens is 1. The topological polar surface area (TPSA) is 39.1 Å². The quantitative estimate of drug-likeness (QED) is 0.841. The molecule has 0 bridgehead atoms. The molecule has 0 aliphatic heterocycles. The zero-order valence-electron chi connectivity index (χ0n) is 15.5. The van der Waals surface area contributed by atoms with Crippen molar-refractivity contribution in [2.45, 2.75) is 41.5 Å². The van der Waals surface area contributed by atoms with Gasteiger partial charge in [0.2, 0.25) is 0 Å². The molecule has 1 aromatic heterocycles. The average molecular weight is 343 g/mol. The van der Waals surface area contributed by atoms with Gasteiger partial charge in [-0.1, -0.05) is 32.9 Å². The van der Waals surface area contributed by atoms with Crippen molar-refractivity contribution in [3.8, 4) is 0 Å². The van der Waals surface area contributed by atoms with Gasteiger partial charge >= 0.3 is 0 Å². The number of nitrogens with zero attached hydrogens (tertiary/aromatic N) is 1. The number of Topliss-reactive ketones (excluding diaryl/α,β-unsaturated/α-hetero) is 1. The molecule has 24 heavy (non-hydrogen) atoms. The lowest BCUT2D eigenvalue weighted by atomic mass is 9.91. The molecule has 0 aliphatic rings. The van der Waals surface area contributed by atoms with E-state index in [1.54, 1.807) is 17.7 Å². The summed E-state index contributed by atoms with van der Waals surface area (Å²) in [5.41, 5.74) is 4.12. The van der Waals surface area contributed by atoms with Crippen LogP contribution >= 0.6 is 11.3 Å². The van der Waals surface area contributed by atoms with Crippen LogP contribution in [0.4, 0.5) is 0 Å². The first-order valence-electron chi connectivity index (χ1n) is 8.02. The number of hydrogen-bond acceptors (Lipinski definition) is 3. The lowest BCUT2D eigenvalue weighted by Gasteiger charge is -2.12. The van der Waals surface area contributed by atoms with Gasteiger partial charge in [-0.25, -0.2) is 0 Å². The lowest BCUT2D eigenvalue weighted by molar-refractivity contribution is -0.120. The monoisotopic (exact) mass is 343 g/mol. The first-order valence-corrected chi connectivity index (χ1v) is 8.84. The minimum atomic E-state index is -0.450. The molecule has 2 aromatic rings. The van der Waals surface area contributed by atoms with Gasteiger partial charge in [0.05, 0.1) is 4.53 Å². The lowest BCUT2D eigenvalue weighted by Crippen LogP contribution is -2.30. The Bertz CT molecular complexity index is 969. The summed E-state index contributed by atoms with van der Waals surface area (Å²) in [6.07, 6.45) is 3.50. The van der Waals surface area contributed by atoms with Crippen LogP contribution in [0.1, 0.15) is 43.0 Å². The predicted molar refractivity (Wildman–Crippen MR) is 102 cm³/mol. The van der Waals surface area contributed by atoms with Crippen LogP contribution in [-0.4, -0.2) is 10.4 Å². The summed E-state index contributed by atoms with van der Waals surface area (Å²) in [6, 6.07) is 4.24. The van der Waals surface area contributed by atoms with Crippen molar-refractivity contribution < 1.29 is 4.79 Å². The number of rotatable bonds is 2. The van der Waals surface area contributed by atoms with E-state index in [1.807, 2.05) is 33.8 Å². The van der Waals surface area contributed by atoms with Gasteiger partial charge in [0.15, 0.2) is 5.78 Å². The molecule has 0 N–H and O–H groups in total. The van der Waals surface area contributed by atoms with Crippen molar-refractivity contribution in [1.29, 1.82) is 0 Å². The van der Waals surface area contributed by atoms with Crippen LogP contribution in [0.15, 0.2) is 16.9 Å². The van der Waals surface area contributed by atoms with Gasteiger partial charge in [-0.05, 0) is 49.1 Å². The van der Waals surface area contributed by atoms with E-state index in [4.69, 9.17) is 0 Å². The fourth-order valence-corrected chi connectivity index (χ4v) is 3.34. The highest BCUT2D eigenvalue weighted by molar-refractivity contribution is 7.07. The molecule has 0 spiro atoms. The first kappa shape index (κ1) is 18.4. The van der Waals surface area contributed by atoms with E-state index in [-0.39, 0.29) is 11.3 Å². The molecule has 0 saturated heterocycles. The molecule has 0 atom stereocenters. The Balaban J connectivity index is 2.65. The number of hydrogen-bond donors (Lipinski definition) is 0. The smallest absolute Gasteiger partial charge is 0.268 e. The molecule has 128 valence electrons. The van der Waals surface area contributed by atoms with E-state index in [9.17, 15) is 9.59 Å². The maximum Gasteiger partial charge on any atom is 0.268 e. The highest BCUT2D eigenvalue weighted by Gasteiger charge is 2.19. The highest BCUT2D eigenvalue weighted by Crippen LogP contribution is 2.16. The van der Waals surface area contributed by atoms with E-state index >= 15 is 0 Å². The minimum Gasteiger partial charge on any atom is -0.302 e. The maximum atomic E-state index is 12.5. The summed E-state index contributed by atoms with van der Waals surface area (Å²) in [5, 5.41) is 0. The number of aryl methyl sites for hydroxylation is 3. The standard InChI is InChI=1S/C20H25NO2S/c1-12-8-14(3)15(9-13(12)2)10-16-19(23)21(7)18(24-16)11-17(22)20(4,5)6/h8-11H,1-7H3/b16-10-,18-11-. The molecule has 3 nitrogen and oxygen atoms in total. The molecule has 0 fully saturated rings. The molecular weight excluding hydrogens is 318 g/mol. The van der Waals surface area contributed by atoms with Gasteiger partial charge < -0.3 is 4.57 Å². The Labute approximate surface area is 147 Å². The van der Waals surface area contributed by atoms with Crippen molar-refractivity contribution in [3.05, 3.63) is 53.9 Å². The molecule has 1 heterocycles. The molecule has 0 saturated carbocycles. The van der Waals surface area contributed by atoms with E-state index in [1.165, 1.54) is 22.5 Å². The van der Waals surface area contributed by atoms with Crippen LogP contribution in [0.25, 0.3) is 12.2 Å². The molecular formula is C20H25NO2S. The fraction of sp³-hybridized carbons (Fsp3) is 0.400. The molecule has 0 unspecified atom stereocenters. The number of thiazole rings is 1. The molecule has 0 amide bonds. The van der Waals surface area contributed by atoms with E-state index < -0.39 is 5.41 Å². The van der Waals surface area contributed by atoms with Crippen molar-refractivity contribution in [1.82, 2.24) is 4.57 Å². The Morgan fingerprint density at radius 3 is 2.25 bits per heavy atom. The third-order valence-electron chi connectivity index (χ3n) is 4.22. The van der Waals surface area contributed by atoms with Crippen molar-refractivity contribution in [2.24, 2.45) is 12.5 Å². The van der Waals surface area contributed by atoms with Crippen LogP contribution in [0.5, 0.6) is 0 Å². The first-order chi connectivity index (χ1) is 11.0. The van der Waals surface area contributed by atoms with Gasteiger partial charge in [0.25, 0.3) is 5.56 Å². The zero-order valence-corrected chi connectivity index (χ0v) is 16.3. The SMILES string of the molecule is Cc1cc(C)c(/C=c2\s/c(=C\C(=O)C(C)(C)C)n(C)c2=O)cc1C. The van der Waals surface area contributed by atoms with Gasteiger partial charge in [0.1, 0.15) is 4.66 Å². The summed E-state index contributed by atoms with van der Waals surface area (Å²) in [7, 11) is 1.71. The third-order valence-corrected chi connectivity index (χ3v) is 5.34. The Kier molecular flexibility index (Phi) is 5.00. The van der Waals surface area contributed by atoms with Crippen LogP contribution < -0.4 is 14.8 Å². The summed E-state index contributed by atoms with van der Waals surface area (Å²) >= 11 is 1.36. The summed E-state index contributed by atoms with van der Waals surface area (Å²) in [6.45, 7) is 11.8. The zero-order chi connectivity index (χ0) is 18.2. The minimum absolute atomic E-state index is 0.0215. The van der Waals surface area contributed by atoms with Crippen LogP contribution in [0, 0.1) is 26.2 Å². The highest BCUT2D eigenvalue weighted by atomic mass is 32.1. The van der Waals surface area contributed by atoms with Crippen LogP contribution in [0.3, 0.4) is 0 Å². The second kappa shape index (κ2) is 6.52. The van der Waals surface area contributed by atoms with E-state index in [0.29, 0.717) is 9.20 Å². The normalized spacial score (nSPS) is 13.6. The van der Waals surface area contributed by atoms with Crippen molar-refractivity contribution in [3.63, 3.8) is 0 Å². The second-order valence-corrected chi connectivity index (χ2v) is 8.43. The Hall–Kier alpha value is -1.94. The van der Waals surface area contributed by atoms with Crippen LogP contribution in [-0.2, 0) is 11.8 Å². The van der Waals surface area contributed by atoms with Crippen molar-refractivity contribution in [2.75, 3.05) is 0 Å². The second-order valence-electron chi connectivity index (χ2n) is 7.36. The molecule has 2 rings (SSSR count). The van der Waals surface area contributed by atoms with Gasteiger partial charge in [-0.2, -0.15) is 0 Å². The summed E-state index contributed by atoms with van der Waals surface area (Å²) in [5.74, 6) is 0.0215. The number of ketones is 1. The van der Waals surface area contributed by atoms with E-state index in [0.717, 1.165) is 11.1 Å². The number of carbonyl (C=O) groups is 1. The van der Waals surface area contributed by atoms with Crippen LogP contribution in [0.2, 0.25) is 0 Å². The number of benzene rings is 1. The molecule has 1 aromatic carbocycles. The molecule has 0 radical (unpaired) electrons.